The van der Waals surface area contributed by atoms with Crippen LogP contribution in [0.3, 0.4) is 0 Å². The number of hydrogen-bond donors (Lipinski definition) is 3. The molecule has 0 unspecified atom stereocenters. The quantitative estimate of drug-likeness (QED) is 0.661. The highest BCUT2D eigenvalue weighted by Crippen LogP contribution is 2.25. The van der Waals surface area contributed by atoms with E-state index in [1.54, 1.807) is 24.3 Å². The van der Waals surface area contributed by atoms with E-state index >= 15 is 0 Å². The van der Waals surface area contributed by atoms with E-state index in [9.17, 15) is 14.0 Å². The molecule has 2 aromatic carbocycles. The first-order chi connectivity index (χ1) is 12.4. The van der Waals surface area contributed by atoms with Gasteiger partial charge in [-0.05, 0) is 49.0 Å². The summed E-state index contributed by atoms with van der Waals surface area (Å²) in [5.74, 6) is -1.42. The van der Waals surface area contributed by atoms with Gasteiger partial charge < -0.3 is 10.6 Å². The summed E-state index contributed by atoms with van der Waals surface area (Å²) in [5.41, 5.74) is 0.892. The molecule has 0 aliphatic carbocycles. The van der Waals surface area contributed by atoms with Gasteiger partial charge in [0.2, 0.25) is 5.91 Å². The topological polar surface area (TPSA) is 70.2 Å². The van der Waals surface area contributed by atoms with Crippen LogP contribution in [0.2, 0.25) is 5.02 Å². The Kier molecular flexibility index (Phi) is 7.06. The fraction of sp³-hybridized carbons (Fsp3) is 0.167. The van der Waals surface area contributed by atoms with Gasteiger partial charge >= 0.3 is 0 Å². The lowest BCUT2D eigenvalue weighted by Crippen LogP contribution is -2.34. The molecule has 8 heteroatoms. The Labute approximate surface area is 160 Å². The number of halogens is 2. The zero-order valence-electron chi connectivity index (χ0n) is 13.9. The number of benzene rings is 2. The van der Waals surface area contributed by atoms with Gasteiger partial charge in [0, 0.05) is 12.1 Å². The van der Waals surface area contributed by atoms with Crippen LogP contribution >= 0.6 is 23.8 Å². The Morgan fingerprint density at radius 1 is 1.15 bits per heavy atom. The van der Waals surface area contributed by atoms with Crippen LogP contribution in [0.25, 0.3) is 0 Å². The van der Waals surface area contributed by atoms with Crippen molar-refractivity contribution in [3.8, 4) is 0 Å². The van der Waals surface area contributed by atoms with Gasteiger partial charge in [-0.2, -0.15) is 0 Å². The maximum atomic E-state index is 13.6. The number of amides is 2. The van der Waals surface area contributed by atoms with Crippen LogP contribution in [0, 0.1) is 5.82 Å². The minimum absolute atomic E-state index is 0.00270. The molecule has 2 aromatic rings. The van der Waals surface area contributed by atoms with Crippen molar-refractivity contribution < 1.29 is 14.0 Å². The largest absolute Gasteiger partial charge is 0.332 e. The van der Waals surface area contributed by atoms with E-state index in [4.69, 9.17) is 23.8 Å². The average molecular weight is 394 g/mol. The van der Waals surface area contributed by atoms with Crippen LogP contribution < -0.4 is 16.0 Å². The van der Waals surface area contributed by atoms with Gasteiger partial charge in [0.1, 0.15) is 5.82 Å². The Bertz CT molecular complexity index is 845. The van der Waals surface area contributed by atoms with Crippen LogP contribution in [0.5, 0.6) is 0 Å². The van der Waals surface area contributed by atoms with Crippen molar-refractivity contribution in [2.75, 3.05) is 10.6 Å². The lowest BCUT2D eigenvalue weighted by atomic mass is 10.2. The van der Waals surface area contributed by atoms with E-state index in [2.05, 4.69) is 16.0 Å². The molecule has 0 radical (unpaired) electrons. The smallest absolute Gasteiger partial charge is 0.260 e. The summed E-state index contributed by atoms with van der Waals surface area (Å²) in [6.45, 7) is 1.91. The standard InChI is InChI=1S/C18H17ClFN3O2S/c1-2-5-16(24)22-15-9-8-11(10-13(15)19)21-18(26)23-17(25)12-6-3-4-7-14(12)20/h3-4,6-10H,2,5H2,1H3,(H,22,24)(H2,21,23,25,26). The Morgan fingerprint density at radius 2 is 1.88 bits per heavy atom. The second-order valence-corrected chi connectivity index (χ2v) is 6.20. The van der Waals surface area contributed by atoms with Gasteiger partial charge in [0.15, 0.2) is 5.11 Å². The van der Waals surface area contributed by atoms with Crippen molar-refractivity contribution in [1.82, 2.24) is 5.32 Å². The zero-order valence-corrected chi connectivity index (χ0v) is 15.5. The zero-order chi connectivity index (χ0) is 19.1. The molecule has 0 aliphatic heterocycles. The molecule has 0 heterocycles. The highest BCUT2D eigenvalue weighted by Gasteiger charge is 2.13. The maximum Gasteiger partial charge on any atom is 0.260 e. The minimum atomic E-state index is -0.657. The van der Waals surface area contributed by atoms with E-state index < -0.39 is 11.7 Å². The number of nitrogens with one attached hydrogen (secondary N) is 3. The van der Waals surface area contributed by atoms with Gasteiger partial charge in [-0.25, -0.2) is 4.39 Å². The molecule has 2 rings (SSSR count). The summed E-state index contributed by atoms with van der Waals surface area (Å²) in [4.78, 5) is 23.6. The van der Waals surface area contributed by atoms with Gasteiger partial charge in [-0.1, -0.05) is 30.7 Å². The highest BCUT2D eigenvalue weighted by atomic mass is 35.5. The molecule has 5 nitrogen and oxygen atoms in total. The number of carbonyl (C=O) groups excluding carboxylic acids is 2. The SMILES string of the molecule is CCCC(=O)Nc1ccc(NC(=S)NC(=O)c2ccccc2F)cc1Cl. The van der Waals surface area contributed by atoms with E-state index in [-0.39, 0.29) is 16.6 Å². The fourth-order valence-electron chi connectivity index (χ4n) is 2.11. The Morgan fingerprint density at radius 3 is 2.54 bits per heavy atom. The van der Waals surface area contributed by atoms with E-state index in [1.807, 2.05) is 6.92 Å². The Hall–Kier alpha value is -2.51. The number of anilines is 2. The molecule has 0 fully saturated rings. The maximum absolute atomic E-state index is 13.6. The Balaban J connectivity index is 1.99. The van der Waals surface area contributed by atoms with E-state index in [1.165, 1.54) is 18.2 Å². The third-order valence-electron chi connectivity index (χ3n) is 3.32. The fourth-order valence-corrected chi connectivity index (χ4v) is 2.55. The predicted octanol–water partition coefficient (Wildman–Crippen LogP) is 4.34. The monoisotopic (exact) mass is 393 g/mol. The molecule has 136 valence electrons. The van der Waals surface area contributed by atoms with Crippen molar-refractivity contribution in [1.29, 1.82) is 0 Å². The lowest BCUT2D eigenvalue weighted by Gasteiger charge is -2.12. The minimum Gasteiger partial charge on any atom is -0.332 e. The first-order valence-electron chi connectivity index (χ1n) is 7.87. The average Bonchev–Trinajstić information content (AvgIpc) is 2.57. The summed E-state index contributed by atoms with van der Waals surface area (Å²) < 4.78 is 13.6. The first-order valence-corrected chi connectivity index (χ1v) is 8.65. The van der Waals surface area contributed by atoms with Gasteiger partial charge in [0.25, 0.3) is 5.91 Å². The lowest BCUT2D eigenvalue weighted by molar-refractivity contribution is -0.116. The summed E-state index contributed by atoms with van der Waals surface area (Å²) in [5, 5.41) is 8.21. The van der Waals surface area contributed by atoms with E-state index in [0.717, 1.165) is 6.42 Å². The molecule has 0 spiro atoms. The van der Waals surface area contributed by atoms with Crippen LogP contribution in [0.4, 0.5) is 15.8 Å². The highest BCUT2D eigenvalue weighted by molar-refractivity contribution is 7.80. The molecule has 2 amide bonds. The molecule has 0 bridgehead atoms. The molecule has 0 atom stereocenters. The summed E-state index contributed by atoms with van der Waals surface area (Å²) in [6.07, 6.45) is 1.14. The molecular formula is C18H17ClFN3O2S. The summed E-state index contributed by atoms with van der Waals surface area (Å²) in [6, 6.07) is 10.4. The van der Waals surface area contributed by atoms with Crippen LogP contribution in [-0.2, 0) is 4.79 Å². The molecule has 0 saturated heterocycles. The predicted molar refractivity (Wildman–Crippen MR) is 105 cm³/mol. The van der Waals surface area contributed by atoms with Crippen molar-refractivity contribution in [2.24, 2.45) is 0 Å². The molecule has 0 aliphatic rings. The number of hydrogen-bond acceptors (Lipinski definition) is 3. The van der Waals surface area contributed by atoms with Crippen molar-refractivity contribution >= 4 is 52.1 Å². The van der Waals surface area contributed by atoms with Gasteiger partial charge in [-0.3, -0.25) is 14.9 Å². The molecule has 26 heavy (non-hydrogen) atoms. The first kappa shape index (κ1) is 19.8. The van der Waals surface area contributed by atoms with Crippen LogP contribution in [0.15, 0.2) is 42.5 Å². The summed E-state index contributed by atoms with van der Waals surface area (Å²) >= 11 is 11.2. The van der Waals surface area contributed by atoms with Crippen molar-refractivity contribution in [3.05, 3.63) is 58.9 Å². The molecular weight excluding hydrogens is 377 g/mol. The van der Waals surface area contributed by atoms with Gasteiger partial charge in [0.05, 0.1) is 16.3 Å². The van der Waals surface area contributed by atoms with Crippen LogP contribution in [-0.4, -0.2) is 16.9 Å². The molecule has 3 N–H and O–H groups in total. The molecule has 0 aromatic heterocycles. The number of thiocarbonyl (C=S) groups is 1. The normalized spacial score (nSPS) is 10.1. The van der Waals surface area contributed by atoms with Crippen molar-refractivity contribution in [3.63, 3.8) is 0 Å². The molecule has 0 saturated carbocycles. The number of carbonyl (C=O) groups is 2. The van der Waals surface area contributed by atoms with Crippen LogP contribution in [0.1, 0.15) is 30.1 Å². The van der Waals surface area contributed by atoms with Crippen molar-refractivity contribution in [2.45, 2.75) is 19.8 Å². The second-order valence-electron chi connectivity index (χ2n) is 5.38. The third kappa shape index (κ3) is 5.50. The second kappa shape index (κ2) is 9.26. The summed E-state index contributed by atoms with van der Waals surface area (Å²) in [7, 11) is 0. The third-order valence-corrected chi connectivity index (χ3v) is 3.84. The number of rotatable bonds is 5. The van der Waals surface area contributed by atoms with E-state index in [0.29, 0.717) is 22.8 Å². The van der Waals surface area contributed by atoms with Gasteiger partial charge in [-0.15, -0.1) is 0 Å².